The molecule has 0 aliphatic carbocycles. The Labute approximate surface area is 59.3 Å². The Morgan fingerprint density at radius 2 is 1.27 bits per heavy atom. The maximum Gasteiger partial charge on any atom is 0.275 e. The van der Waals surface area contributed by atoms with E-state index in [0.717, 1.165) is 0 Å². The van der Waals surface area contributed by atoms with E-state index in [1.54, 1.807) is 5.29 Å². The number of nitrogens with zero attached hydrogens (tertiary/aromatic N) is 1. The molecule has 0 radical (unpaired) electrons. The van der Waals surface area contributed by atoms with Crippen molar-refractivity contribution < 1.29 is 10.2 Å². The Kier molecular flexibility index (Phi) is 2.72. The van der Waals surface area contributed by atoms with Crippen LogP contribution in [0, 0.1) is 4.91 Å². The fourth-order valence-electron chi connectivity index (χ4n) is 0.368. The Bertz CT molecular complexity index is 293. The lowest BCUT2D eigenvalue weighted by molar-refractivity contribution is 0.384. The minimum absolute atomic E-state index is 0.824. The van der Waals surface area contributed by atoms with Crippen LogP contribution < -0.4 is 16.7 Å². The normalized spacial score (nSPS) is 8.36. The first-order chi connectivity index (χ1) is 5.06. The number of rotatable bonds is 0. The van der Waals surface area contributed by atoms with Crippen LogP contribution in [0.2, 0.25) is 0 Å². The molecule has 0 aromatic heterocycles. The van der Waals surface area contributed by atoms with E-state index in [1.165, 1.54) is 0 Å². The molecule has 7 heteroatoms. The summed E-state index contributed by atoms with van der Waals surface area (Å²) in [7, 11) is 0. The highest BCUT2D eigenvalue weighted by molar-refractivity contribution is 5.42. The zero-order chi connectivity index (χ0) is 9.02. The van der Waals surface area contributed by atoms with Crippen LogP contribution in [-0.4, -0.2) is 10.2 Å². The second kappa shape index (κ2) is 3.30. The molecule has 0 spiro atoms. The average molecular weight is 160 g/mol. The Balaban J connectivity index is 0.000000292. The van der Waals surface area contributed by atoms with Crippen LogP contribution in [0.4, 0.5) is 0 Å². The maximum absolute atomic E-state index is 9.95. The van der Waals surface area contributed by atoms with Gasteiger partial charge >= 0.3 is 0 Å². The quantitative estimate of drug-likeness (QED) is 0.180. The summed E-state index contributed by atoms with van der Waals surface area (Å²) in [6.07, 6.45) is 0. The van der Waals surface area contributed by atoms with E-state index >= 15 is 0 Å². The molecule has 7 nitrogen and oxygen atoms in total. The highest BCUT2D eigenvalue weighted by Gasteiger charge is 2.17. The van der Waals surface area contributed by atoms with Crippen molar-refractivity contribution in [2.24, 2.45) is 11.1 Å². The first kappa shape index (κ1) is 9.08. The number of nitrogens with two attached hydrogens (primary N) is 1. The molecule has 60 valence electrons. The molecule has 1 aromatic carbocycles. The molecule has 0 fully saturated rings. The van der Waals surface area contributed by atoms with Gasteiger partial charge in [0.15, 0.2) is 0 Å². The third-order valence-corrected chi connectivity index (χ3v) is 0.861. The summed E-state index contributed by atoms with van der Waals surface area (Å²) in [5.74, 6) is 2.27. The van der Waals surface area contributed by atoms with E-state index < -0.39 is 22.4 Å². The van der Waals surface area contributed by atoms with Gasteiger partial charge in [0.05, 0.1) is 0 Å². The van der Waals surface area contributed by atoms with Gasteiger partial charge in [0.2, 0.25) is 11.5 Å². The molecule has 0 unspecified atom stereocenters. The standard InChI is InChI=1S/C4H2O4.H2N2O/c5-1-2(6)4(8)3(1)7;1-2-3/h5-6H;(H2,1,3). The van der Waals surface area contributed by atoms with Gasteiger partial charge in [-0.1, -0.05) is 0 Å². The summed E-state index contributed by atoms with van der Waals surface area (Å²) in [6.45, 7) is 0. The number of hydrogen-bond donors (Lipinski definition) is 3. The van der Waals surface area contributed by atoms with Gasteiger partial charge in [-0.15, -0.1) is 4.91 Å². The Hall–Kier alpha value is -1.92. The first-order valence-corrected chi connectivity index (χ1v) is 2.30. The molecule has 0 bridgehead atoms. The minimum Gasteiger partial charge on any atom is -0.501 e. The first-order valence-electron chi connectivity index (χ1n) is 2.30. The average Bonchev–Trinajstić information content (AvgIpc) is 2.02. The Morgan fingerprint density at radius 1 is 1.09 bits per heavy atom. The van der Waals surface area contributed by atoms with Crippen molar-refractivity contribution in [3.8, 4) is 11.5 Å². The van der Waals surface area contributed by atoms with E-state index in [1.807, 2.05) is 0 Å². The predicted molar refractivity (Wildman–Crippen MR) is 34.7 cm³/mol. The van der Waals surface area contributed by atoms with Crippen molar-refractivity contribution in [2.45, 2.75) is 0 Å². The van der Waals surface area contributed by atoms with Crippen molar-refractivity contribution in [3.63, 3.8) is 0 Å². The third-order valence-electron chi connectivity index (χ3n) is 0.861. The van der Waals surface area contributed by atoms with Crippen molar-refractivity contribution in [3.05, 3.63) is 25.4 Å². The topological polar surface area (TPSA) is 130 Å². The van der Waals surface area contributed by atoms with Crippen LogP contribution in [0.25, 0.3) is 0 Å². The number of nitroso groups, excluding NO2 is 1. The van der Waals surface area contributed by atoms with Gasteiger partial charge in [-0.25, -0.2) is 0 Å². The zero-order valence-corrected chi connectivity index (χ0v) is 5.14. The molecule has 0 aliphatic heterocycles. The van der Waals surface area contributed by atoms with Crippen LogP contribution in [0.5, 0.6) is 11.5 Å². The third kappa shape index (κ3) is 1.51. The molecule has 1 aromatic rings. The molecule has 1 rings (SSSR count). The Morgan fingerprint density at radius 3 is 1.36 bits per heavy atom. The largest absolute Gasteiger partial charge is 0.501 e. The van der Waals surface area contributed by atoms with E-state index in [0.29, 0.717) is 0 Å². The van der Waals surface area contributed by atoms with Crippen LogP contribution in [-0.2, 0) is 0 Å². The van der Waals surface area contributed by atoms with E-state index in [4.69, 9.17) is 15.1 Å². The summed E-state index contributed by atoms with van der Waals surface area (Å²) in [5.41, 5.74) is -2.02. The summed E-state index contributed by atoms with van der Waals surface area (Å²) >= 11 is 0. The van der Waals surface area contributed by atoms with Gasteiger partial charge in [-0.2, -0.15) is 0 Å². The molecule has 0 aliphatic rings. The highest BCUT2D eigenvalue weighted by Crippen LogP contribution is 2.13. The monoisotopic (exact) mass is 160 g/mol. The van der Waals surface area contributed by atoms with Crippen LogP contribution >= 0.6 is 0 Å². The number of aromatic hydroxyl groups is 2. The molecule has 0 heterocycles. The lowest BCUT2D eigenvalue weighted by Gasteiger charge is -1.92. The second-order valence-electron chi connectivity index (χ2n) is 1.46. The smallest absolute Gasteiger partial charge is 0.275 e. The molecule has 11 heavy (non-hydrogen) atoms. The van der Waals surface area contributed by atoms with Gasteiger partial charge in [0.25, 0.3) is 10.9 Å². The summed E-state index contributed by atoms with van der Waals surface area (Å²) < 4.78 is 0. The predicted octanol–water partition coefficient (Wildman–Crippen LogP) is -1.68. The van der Waals surface area contributed by atoms with E-state index in [9.17, 15) is 9.59 Å². The molecular formula is C4H4N2O5. The fraction of sp³-hybridized carbons (Fsp3) is 0. The van der Waals surface area contributed by atoms with E-state index in [2.05, 4.69) is 5.84 Å². The number of hydrogen-bond acceptors (Lipinski definition) is 6. The fourth-order valence-corrected chi connectivity index (χ4v) is 0.368. The van der Waals surface area contributed by atoms with Crippen molar-refractivity contribution in [2.75, 3.05) is 0 Å². The molecule has 0 saturated heterocycles. The molecule has 0 atom stereocenters. The van der Waals surface area contributed by atoms with Crippen LogP contribution in [0.15, 0.2) is 14.9 Å². The van der Waals surface area contributed by atoms with Gasteiger partial charge in [-0.05, 0) is 0 Å². The molecular weight excluding hydrogens is 156 g/mol. The summed E-state index contributed by atoms with van der Waals surface area (Å²) in [5, 5.41) is 18.2. The van der Waals surface area contributed by atoms with Crippen molar-refractivity contribution >= 4 is 0 Å². The maximum atomic E-state index is 9.95. The highest BCUT2D eigenvalue weighted by atomic mass is 16.3. The molecule has 4 N–H and O–H groups in total. The van der Waals surface area contributed by atoms with Gasteiger partial charge < -0.3 is 10.2 Å². The molecule has 0 saturated carbocycles. The summed E-state index contributed by atoms with van der Waals surface area (Å²) in [6, 6.07) is 0. The molecule has 0 amide bonds. The lowest BCUT2D eigenvalue weighted by atomic mass is 10.2. The van der Waals surface area contributed by atoms with Crippen molar-refractivity contribution in [1.29, 1.82) is 0 Å². The lowest BCUT2D eigenvalue weighted by Crippen LogP contribution is -2.28. The van der Waals surface area contributed by atoms with Crippen LogP contribution in [0.3, 0.4) is 0 Å². The minimum atomic E-state index is -1.01. The van der Waals surface area contributed by atoms with Gasteiger partial charge in [-0.3, -0.25) is 15.4 Å². The zero-order valence-electron chi connectivity index (χ0n) is 5.14. The second-order valence-corrected chi connectivity index (χ2v) is 1.46. The SMILES string of the molecule is NN=O.O=c1c(O)c(O)c1=O. The van der Waals surface area contributed by atoms with Gasteiger partial charge in [0, 0.05) is 5.29 Å². The summed E-state index contributed by atoms with van der Waals surface area (Å²) in [4.78, 5) is 28.2. The van der Waals surface area contributed by atoms with Crippen molar-refractivity contribution in [1.82, 2.24) is 0 Å². The van der Waals surface area contributed by atoms with E-state index in [-0.39, 0.29) is 0 Å². The van der Waals surface area contributed by atoms with Crippen LogP contribution in [0.1, 0.15) is 0 Å². The van der Waals surface area contributed by atoms with Gasteiger partial charge in [0.1, 0.15) is 0 Å².